The molecule has 0 spiro atoms. The predicted molar refractivity (Wildman–Crippen MR) is 103 cm³/mol. The second-order valence-electron chi connectivity index (χ2n) is 5.77. The van der Waals surface area contributed by atoms with Gasteiger partial charge in [0.05, 0.1) is 5.25 Å². The summed E-state index contributed by atoms with van der Waals surface area (Å²) in [5, 5.41) is -0.00489. The lowest BCUT2D eigenvalue weighted by molar-refractivity contribution is -0.130. The van der Waals surface area contributed by atoms with Gasteiger partial charge < -0.3 is 10.6 Å². The average molecular weight is 363 g/mol. The highest BCUT2D eigenvalue weighted by atomic mass is 35.5. The van der Waals surface area contributed by atoms with Crippen molar-refractivity contribution in [3.05, 3.63) is 65.7 Å². The first-order valence-electron chi connectivity index (χ1n) is 8.05. The van der Waals surface area contributed by atoms with E-state index in [-0.39, 0.29) is 23.6 Å². The van der Waals surface area contributed by atoms with E-state index in [0.29, 0.717) is 13.1 Å². The molecule has 1 amide bonds. The minimum atomic E-state index is -0.00489. The zero-order valence-corrected chi connectivity index (χ0v) is 15.2. The van der Waals surface area contributed by atoms with Crippen LogP contribution in [0.25, 0.3) is 0 Å². The van der Waals surface area contributed by atoms with Crippen LogP contribution in [0.1, 0.15) is 11.1 Å². The summed E-state index contributed by atoms with van der Waals surface area (Å²) in [5.41, 5.74) is 8.26. The number of halogens is 1. The summed E-state index contributed by atoms with van der Waals surface area (Å²) < 4.78 is 0. The van der Waals surface area contributed by atoms with Crippen molar-refractivity contribution in [2.45, 2.75) is 23.0 Å². The van der Waals surface area contributed by atoms with Gasteiger partial charge in [0.15, 0.2) is 0 Å². The first-order valence-corrected chi connectivity index (χ1v) is 8.93. The number of amides is 1. The highest BCUT2D eigenvalue weighted by molar-refractivity contribution is 8.01. The van der Waals surface area contributed by atoms with Gasteiger partial charge in [-0.25, -0.2) is 0 Å². The predicted octanol–water partition coefficient (Wildman–Crippen LogP) is 3.16. The molecular formula is C19H23ClN2OS. The Morgan fingerprint density at radius 2 is 1.79 bits per heavy atom. The van der Waals surface area contributed by atoms with Crippen LogP contribution in [0.2, 0.25) is 0 Å². The number of fused-ring (bicyclic) bond motifs is 1. The topological polar surface area (TPSA) is 46.3 Å². The standard InChI is InChI=1S/C19H22N2OS.ClH/c20-11-13-21(12-10-15-6-2-1-3-7-15)19(22)18-14-16-8-4-5-9-17(16)23-18;/h1-9,18H,10-14,20H2;1H. The van der Waals surface area contributed by atoms with E-state index in [4.69, 9.17) is 5.73 Å². The molecule has 0 saturated carbocycles. The van der Waals surface area contributed by atoms with Crippen LogP contribution in [-0.2, 0) is 17.6 Å². The van der Waals surface area contributed by atoms with Gasteiger partial charge in [0.25, 0.3) is 0 Å². The molecule has 3 rings (SSSR count). The number of carbonyl (C=O) groups is 1. The van der Waals surface area contributed by atoms with Crippen LogP contribution in [0.15, 0.2) is 59.5 Å². The zero-order chi connectivity index (χ0) is 16.1. The van der Waals surface area contributed by atoms with E-state index in [9.17, 15) is 4.79 Å². The first kappa shape index (κ1) is 18.8. The van der Waals surface area contributed by atoms with E-state index in [1.807, 2.05) is 35.2 Å². The Morgan fingerprint density at radius 3 is 2.50 bits per heavy atom. The van der Waals surface area contributed by atoms with Crippen molar-refractivity contribution < 1.29 is 4.79 Å². The highest BCUT2D eigenvalue weighted by Gasteiger charge is 2.30. The summed E-state index contributed by atoms with van der Waals surface area (Å²) in [5.74, 6) is 0.215. The van der Waals surface area contributed by atoms with Crippen molar-refractivity contribution in [2.24, 2.45) is 5.73 Å². The summed E-state index contributed by atoms with van der Waals surface area (Å²) in [7, 11) is 0. The fourth-order valence-corrected chi connectivity index (χ4v) is 4.20. The first-order chi connectivity index (χ1) is 11.3. The van der Waals surface area contributed by atoms with Gasteiger partial charge in [-0.15, -0.1) is 24.2 Å². The molecule has 0 radical (unpaired) electrons. The minimum Gasteiger partial charge on any atom is -0.340 e. The smallest absolute Gasteiger partial charge is 0.236 e. The molecule has 128 valence electrons. The lowest BCUT2D eigenvalue weighted by Crippen LogP contribution is -2.41. The maximum Gasteiger partial charge on any atom is 0.236 e. The summed E-state index contributed by atoms with van der Waals surface area (Å²) in [4.78, 5) is 16.0. The van der Waals surface area contributed by atoms with Crippen molar-refractivity contribution in [1.82, 2.24) is 4.90 Å². The molecule has 1 aliphatic rings. The van der Waals surface area contributed by atoms with Crippen molar-refractivity contribution in [3.8, 4) is 0 Å². The van der Waals surface area contributed by atoms with Gasteiger partial charge >= 0.3 is 0 Å². The molecule has 24 heavy (non-hydrogen) atoms. The molecule has 3 nitrogen and oxygen atoms in total. The number of carbonyl (C=O) groups excluding carboxylic acids is 1. The Labute approximate surface area is 154 Å². The fourth-order valence-electron chi connectivity index (χ4n) is 2.92. The van der Waals surface area contributed by atoms with E-state index >= 15 is 0 Å². The van der Waals surface area contributed by atoms with Crippen molar-refractivity contribution in [2.75, 3.05) is 19.6 Å². The van der Waals surface area contributed by atoms with Crippen LogP contribution in [-0.4, -0.2) is 35.7 Å². The molecule has 2 aromatic carbocycles. The second kappa shape index (κ2) is 9.11. The lowest BCUT2D eigenvalue weighted by atomic mass is 10.1. The molecule has 0 aromatic heterocycles. The number of benzene rings is 2. The van der Waals surface area contributed by atoms with Gasteiger partial charge in [-0.1, -0.05) is 48.5 Å². The molecule has 5 heteroatoms. The van der Waals surface area contributed by atoms with E-state index in [0.717, 1.165) is 19.4 Å². The van der Waals surface area contributed by atoms with Gasteiger partial charge in [0.1, 0.15) is 0 Å². The van der Waals surface area contributed by atoms with E-state index in [1.54, 1.807) is 11.8 Å². The van der Waals surface area contributed by atoms with E-state index < -0.39 is 0 Å². The van der Waals surface area contributed by atoms with Crippen LogP contribution < -0.4 is 5.73 Å². The fraction of sp³-hybridized carbons (Fsp3) is 0.316. The maximum absolute atomic E-state index is 12.9. The third kappa shape index (κ3) is 4.53. The average Bonchev–Trinajstić information content (AvgIpc) is 3.03. The van der Waals surface area contributed by atoms with Crippen molar-refractivity contribution in [3.63, 3.8) is 0 Å². The minimum absolute atomic E-state index is 0. The van der Waals surface area contributed by atoms with Gasteiger partial charge in [-0.05, 0) is 30.0 Å². The summed E-state index contributed by atoms with van der Waals surface area (Å²) in [6, 6.07) is 18.6. The normalized spacial score (nSPS) is 15.5. The molecule has 1 atom stereocenters. The zero-order valence-electron chi connectivity index (χ0n) is 13.6. The largest absolute Gasteiger partial charge is 0.340 e. The molecule has 2 aromatic rings. The van der Waals surface area contributed by atoms with Gasteiger partial charge in [-0.3, -0.25) is 4.79 Å². The molecule has 1 heterocycles. The summed E-state index contributed by atoms with van der Waals surface area (Å²) in [6.07, 6.45) is 1.70. The number of rotatable bonds is 6. The molecule has 0 saturated heterocycles. The van der Waals surface area contributed by atoms with Crippen molar-refractivity contribution in [1.29, 1.82) is 0 Å². The Morgan fingerprint density at radius 1 is 1.08 bits per heavy atom. The van der Waals surface area contributed by atoms with Crippen LogP contribution in [0, 0.1) is 0 Å². The monoisotopic (exact) mass is 362 g/mol. The highest BCUT2D eigenvalue weighted by Crippen LogP contribution is 2.37. The second-order valence-corrected chi connectivity index (χ2v) is 7.01. The Bertz CT molecular complexity index is 640. The van der Waals surface area contributed by atoms with Gasteiger partial charge in [0, 0.05) is 24.5 Å². The number of nitrogens with zero attached hydrogens (tertiary/aromatic N) is 1. The molecular weight excluding hydrogens is 340 g/mol. The number of hydrogen-bond donors (Lipinski definition) is 1. The lowest BCUT2D eigenvalue weighted by Gasteiger charge is -2.25. The van der Waals surface area contributed by atoms with Crippen LogP contribution in [0.3, 0.4) is 0 Å². The van der Waals surface area contributed by atoms with Gasteiger partial charge in [-0.2, -0.15) is 0 Å². The molecule has 2 N–H and O–H groups in total. The molecule has 1 aliphatic heterocycles. The number of hydrogen-bond acceptors (Lipinski definition) is 3. The maximum atomic E-state index is 12.9. The molecule has 0 aliphatic carbocycles. The quantitative estimate of drug-likeness (QED) is 0.858. The number of nitrogens with two attached hydrogens (primary N) is 1. The van der Waals surface area contributed by atoms with E-state index in [2.05, 4.69) is 24.3 Å². The molecule has 0 fully saturated rings. The SMILES string of the molecule is Cl.NCCN(CCc1ccccc1)C(=O)C1Cc2ccccc2S1. The van der Waals surface area contributed by atoms with Crippen molar-refractivity contribution >= 4 is 30.1 Å². The summed E-state index contributed by atoms with van der Waals surface area (Å²) in [6.45, 7) is 1.86. The summed E-state index contributed by atoms with van der Waals surface area (Å²) >= 11 is 1.69. The molecule has 1 unspecified atom stereocenters. The molecule has 0 bridgehead atoms. The van der Waals surface area contributed by atoms with Crippen LogP contribution in [0.4, 0.5) is 0 Å². The Balaban J connectivity index is 0.00000208. The van der Waals surface area contributed by atoms with E-state index in [1.165, 1.54) is 16.0 Å². The number of thioether (sulfide) groups is 1. The van der Waals surface area contributed by atoms with Crippen LogP contribution in [0.5, 0.6) is 0 Å². The van der Waals surface area contributed by atoms with Crippen LogP contribution >= 0.6 is 24.2 Å². The third-order valence-electron chi connectivity index (χ3n) is 4.15. The third-order valence-corrected chi connectivity index (χ3v) is 5.45. The Kier molecular flexibility index (Phi) is 7.16. The van der Waals surface area contributed by atoms with Gasteiger partial charge in [0.2, 0.25) is 5.91 Å². The Hall–Kier alpha value is -1.49.